The van der Waals surface area contributed by atoms with Crippen molar-refractivity contribution in [3.05, 3.63) is 0 Å². The largest absolute Gasteiger partial charge is 0.472 e. The molecule has 0 saturated heterocycles. The molecule has 0 bridgehead atoms. The summed E-state index contributed by atoms with van der Waals surface area (Å²) in [4.78, 5) is 23.2. The zero-order valence-electron chi connectivity index (χ0n) is 37.6. The van der Waals surface area contributed by atoms with Crippen molar-refractivity contribution in [1.82, 2.24) is 0 Å². The molecule has 6 N–H and O–H groups in total. The first kappa shape index (κ1) is 56.4. The number of aliphatic hydroxyl groups excluding tert-OH is 5. The van der Waals surface area contributed by atoms with Gasteiger partial charge in [0.2, 0.25) is 0 Å². The Hall–Kier alpha value is -0.660. The first-order chi connectivity index (χ1) is 28.5. The molecule has 0 amide bonds. The van der Waals surface area contributed by atoms with Gasteiger partial charge in [0.05, 0.1) is 13.2 Å². The van der Waals surface area contributed by atoms with E-state index in [1.54, 1.807) is 0 Å². The third-order valence-electron chi connectivity index (χ3n) is 11.7. The molecule has 0 heterocycles. The van der Waals surface area contributed by atoms with Crippen LogP contribution in [0.3, 0.4) is 0 Å². The number of hydrogen-bond acceptors (Lipinski definition) is 11. The molecule has 1 fully saturated rings. The van der Waals surface area contributed by atoms with E-state index >= 15 is 0 Å². The lowest BCUT2D eigenvalue weighted by Crippen LogP contribution is -2.64. The molecular weight excluding hydrogens is 775 g/mol. The number of carbonyl (C=O) groups is 1. The second-order valence-electron chi connectivity index (χ2n) is 17.3. The molecule has 59 heavy (non-hydrogen) atoms. The third-order valence-corrected chi connectivity index (χ3v) is 12.7. The number of unbranched alkanes of at least 4 members (excludes halogenated alkanes) is 30. The van der Waals surface area contributed by atoms with Gasteiger partial charge in [-0.3, -0.25) is 13.8 Å². The minimum atomic E-state index is -5.01. The molecule has 0 aromatic heterocycles. The van der Waals surface area contributed by atoms with Gasteiger partial charge in [0.25, 0.3) is 0 Å². The minimum absolute atomic E-state index is 0.0681. The predicted octanol–water partition coefficient (Wildman–Crippen LogP) is 10.1. The standard InChI is InChI=1S/C46H91O12P/c1-3-5-7-9-11-13-15-17-18-19-20-21-22-23-24-25-27-29-31-33-35-40(47)57-39(37-55-36-34-32-30-28-26-16-14-12-10-8-6-4-2)38-56-59(53,54)58-46-44(51)42(49)41(48)43(50)45(46)52/h39,41-46,48-52H,3-38H2,1-2H3,(H,53,54). The molecule has 12 nitrogen and oxygen atoms in total. The Morgan fingerprint density at radius 1 is 0.475 bits per heavy atom. The number of phosphoric ester groups is 1. The summed E-state index contributed by atoms with van der Waals surface area (Å²) in [6, 6.07) is 0. The monoisotopic (exact) mass is 867 g/mol. The average molecular weight is 867 g/mol. The quantitative estimate of drug-likeness (QED) is 0.0194. The number of ether oxygens (including phenoxy) is 2. The molecule has 1 aliphatic rings. The molecule has 1 saturated carbocycles. The highest BCUT2D eigenvalue weighted by atomic mass is 31.2. The summed E-state index contributed by atoms with van der Waals surface area (Å²) in [6.07, 6.45) is 27.5. The first-order valence-electron chi connectivity index (χ1n) is 24.4. The predicted molar refractivity (Wildman–Crippen MR) is 235 cm³/mol. The number of aliphatic hydroxyl groups is 5. The summed E-state index contributed by atoms with van der Waals surface area (Å²) in [5, 5.41) is 50.2. The highest BCUT2D eigenvalue weighted by molar-refractivity contribution is 7.47. The van der Waals surface area contributed by atoms with Crippen LogP contribution in [0.15, 0.2) is 0 Å². The molecule has 6 atom stereocenters. The van der Waals surface area contributed by atoms with Gasteiger partial charge in [-0.2, -0.15) is 0 Å². The maximum absolute atomic E-state index is 12.8. The van der Waals surface area contributed by atoms with Crippen LogP contribution in [0.5, 0.6) is 0 Å². The SMILES string of the molecule is CCCCCCCCCCCCCCCCCCCCCCC(=O)OC(COCCCCCCCCCCCCCC)COP(=O)(O)OC1C(O)C(O)C(O)C(O)C1O. The molecule has 0 aromatic rings. The topological polar surface area (TPSA) is 192 Å². The van der Waals surface area contributed by atoms with Crippen LogP contribution < -0.4 is 0 Å². The van der Waals surface area contributed by atoms with Gasteiger partial charge in [-0.15, -0.1) is 0 Å². The Bertz CT molecular complexity index is 989. The van der Waals surface area contributed by atoms with Crippen molar-refractivity contribution in [3.63, 3.8) is 0 Å². The van der Waals surface area contributed by atoms with E-state index in [1.807, 2.05) is 0 Å². The van der Waals surface area contributed by atoms with Crippen molar-refractivity contribution in [2.24, 2.45) is 0 Å². The fourth-order valence-electron chi connectivity index (χ4n) is 7.83. The Morgan fingerprint density at radius 3 is 1.17 bits per heavy atom. The van der Waals surface area contributed by atoms with Crippen LogP contribution in [-0.4, -0.2) is 98.9 Å². The van der Waals surface area contributed by atoms with Crippen molar-refractivity contribution in [2.75, 3.05) is 19.8 Å². The van der Waals surface area contributed by atoms with Crippen molar-refractivity contribution >= 4 is 13.8 Å². The van der Waals surface area contributed by atoms with E-state index in [2.05, 4.69) is 13.8 Å². The number of carbonyl (C=O) groups excluding carboxylic acids is 1. The molecular formula is C46H91O12P. The molecule has 6 unspecified atom stereocenters. The highest BCUT2D eigenvalue weighted by Crippen LogP contribution is 2.47. The lowest BCUT2D eigenvalue weighted by Gasteiger charge is -2.41. The normalized spacial score (nSPS) is 22.4. The minimum Gasteiger partial charge on any atom is -0.457 e. The Balaban J connectivity index is 2.32. The van der Waals surface area contributed by atoms with Crippen LogP contribution >= 0.6 is 7.82 Å². The molecule has 13 heteroatoms. The maximum Gasteiger partial charge on any atom is 0.472 e. The van der Waals surface area contributed by atoms with Gasteiger partial charge in [0.15, 0.2) is 0 Å². The van der Waals surface area contributed by atoms with Crippen molar-refractivity contribution < 1.29 is 58.3 Å². The summed E-state index contributed by atoms with van der Waals surface area (Å²) in [5.74, 6) is -0.470. The van der Waals surface area contributed by atoms with Crippen LogP contribution in [0, 0.1) is 0 Å². The Morgan fingerprint density at radius 2 is 0.797 bits per heavy atom. The number of rotatable bonds is 42. The Labute approximate surface area is 359 Å². The number of esters is 1. The third kappa shape index (κ3) is 30.1. The number of hydrogen-bond donors (Lipinski definition) is 6. The van der Waals surface area contributed by atoms with Crippen molar-refractivity contribution in [3.8, 4) is 0 Å². The van der Waals surface area contributed by atoms with Gasteiger partial charge in [-0.1, -0.05) is 206 Å². The zero-order valence-corrected chi connectivity index (χ0v) is 38.5. The van der Waals surface area contributed by atoms with E-state index in [0.717, 1.165) is 38.5 Å². The van der Waals surface area contributed by atoms with Gasteiger partial charge in [0.1, 0.15) is 42.7 Å². The summed E-state index contributed by atoms with van der Waals surface area (Å²) in [7, 11) is -5.01. The summed E-state index contributed by atoms with van der Waals surface area (Å²) in [5.41, 5.74) is 0. The lowest BCUT2D eigenvalue weighted by molar-refractivity contribution is -0.220. The smallest absolute Gasteiger partial charge is 0.457 e. The van der Waals surface area contributed by atoms with E-state index in [1.165, 1.54) is 161 Å². The van der Waals surface area contributed by atoms with Crippen LogP contribution in [0.4, 0.5) is 0 Å². The number of phosphoric acid groups is 1. The summed E-state index contributed by atoms with van der Waals surface area (Å²) >= 11 is 0. The van der Waals surface area contributed by atoms with E-state index < -0.39 is 63.1 Å². The van der Waals surface area contributed by atoms with Gasteiger partial charge < -0.3 is 39.9 Å². The lowest BCUT2D eigenvalue weighted by atomic mass is 9.85. The molecule has 0 radical (unpaired) electrons. The average Bonchev–Trinajstić information content (AvgIpc) is 3.22. The summed E-state index contributed by atoms with van der Waals surface area (Å²) < 4.78 is 34.2. The molecule has 1 aliphatic carbocycles. The fourth-order valence-corrected chi connectivity index (χ4v) is 8.80. The van der Waals surface area contributed by atoms with E-state index in [0.29, 0.717) is 13.0 Å². The van der Waals surface area contributed by atoms with E-state index in [-0.39, 0.29) is 13.0 Å². The van der Waals surface area contributed by atoms with Crippen molar-refractivity contribution in [2.45, 2.75) is 268 Å². The fraction of sp³-hybridized carbons (Fsp3) is 0.978. The van der Waals surface area contributed by atoms with E-state index in [9.17, 15) is 39.8 Å². The molecule has 352 valence electrons. The maximum atomic E-state index is 12.8. The van der Waals surface area contributed by atoms with Crippen LogP contribution in [0.1, 0.15) is 226 Å². The zero-order chi connectivity index (χ0) is 43.4. The van der Waals surface area contributed by atoms with Crippen LogP contribution in [-0.2, 0) is 27.9 Å². The van der Waals surface area contributed by atoms with Crippen LogP contribution in [0.2, 0.25) is 0 Å². The first-order valence-corrected chi connectivity index (χ1v) is 25.9. The van der Waals surface area contributed by atoms with Gasteiger partial charge >= 0.3 is 13.8 Å². The second-order valence-corrected chi connectivity index (χ2v) is 18.7. The van der Waals surface area contributed by atoms with Crippen molar-refractivity contribution in [1.29, 1.82) is 0 Å². The second kappa shape index (κ2) is 37.9. The Kier molecular flexibility index (Phi) is 36.2. The molecule has 0 aromatic carbocycles. The highest BCUT2D eigenvalue weighted by Gasteiger charge is 2.51. The molecule has 0 spiro atoms. The summed E-state index contributed by atoms with van der Waals surface area (Å²) in [6.45, 7) is 4.30. The van der Waals surface area contributed by atoms with Crippen LogP contribution in [0.25, 0.3) is 0 Å². The molecule has 0 aliphatic heterocycles. The van der Waals surface area contributed by atoms with Gasteiger partial charge in [-0.05, 0) is 12.8 Å². The van der Waals surface area contributed by atoms with Gasteiger partial charge in [0, 0.05) is 13.0 Å². The molecule has 1 rings (SSSR count). The van der Waals surface area contributed by atoms with Gasteiger partial charge in [-0.25, -0.2) is 4.57 Å². The van der Waals surface area contributed by atoms with E-state index in [4.69, 9.17) is 18.5 Å².